The maximum atomic E-state index is 5.12. The molecule has 0 aliphatic carbocycles. The van der Waals surface area contributed by atoms with Gasteiger partial charge in [0.15, 0.2) is 0 Å². The fourth-order valence-electron chi connectivity index (χ4n) is 10.7. The summed E-state index contributed by atoms with van der Waals surface area (Å²) in [5.41, 5.74) is 10.9. The zero-order chi connectivity index (χ0) is 35.5. The molecular weight excluding hydrogens is 798 g/mol. The fourth-order valence-corrected chi connectivity index (χ4v) is 36.1. The summed E-state index contributed by atoms with van der Waals surface area (Å²) in [7, 11) is 0. The van der Waals surface area contributed by atoms with Crippen molar-refractivity contribution in [1.29, 1.82) is 0 Å². The summed E-state index contributed by atoms with van der Waals surface area (Å²) in [6.07, 6.45) is 9.43. The zero-order valence-electron chi connectivity index (χ0n) is 29.9. The second-order valence-electron chi connectivity index (χ2n) is 15.7. The van der Waals surface area contributed by atoms with E-state index < -0.39 is 10.6 Å². The minimum atomic E-state index is -2.88. The summed E-state index contributed by atoms with van der Waals surface area (Å²) in [5, 5.41) is -5.75. The van der Waals surface area contributed by atoms with Gasteiger partial charge in [0, 0.05) is 0 Å². The predicted molar refractivity (Wildman–Crippen MR) is 237 cm³/mol. The van der Waals surface area contributed by atoms with Gasteiger partial charge in [0.2, 0.25) is 0 Å². The minimum absolute atomic E-state index is 0.474. The normalized spacial score (nSPS) is 25.6. The molecule has 266 valence electrons. The van der Waals surface area contributed by atoms with Crippen molar-refractivity contribution >= 4 is 41.6 Å². The molecule has 2 fully saturated rings. The molecule has 0 N–H and O–H groups in total. The van der Waals surface area contributed by atoms with Crippen molar-refractivity contribution in [2.45, 2.75) is 60.6 Å². The van der Waals surface area contributed by atoms with Crippen molar-refractivity contribution in [3.05, 3.63) is 215 Å². The molecule has 4 atom stereocenters. The monoisotopic (exact) mass is 846 g/mol. The summed E-state index contributed by atoms with van der Waals surface area (Å²) in [6.45, 7) is 0. The second-order valence-corrected chi connectivity index (χ2v) is 36.8. The van der Waals surface area contributed by atoms with Crippen LogP contribution in [-0.2, 0) is 12.3 Å². The van der Waals surface area contributed by atoms with E-state index in [1.54, 1.807) is 0 Å². The molecule has 4 heteroatoms. The van der Waals surface area contributed by atoms with Crippen LogP contribution >= 0.6 is 41.6 Å². The number of halogens is 2. The zero-order valence-corrected chi connectivity index (χ0v) is 34.9. The summed E-state index contributed by atoms with van der Waals surface area (Å²) < 4.78 is 0. The van der Waals surface area contributed by atoms with Gasteiger partial charge in [-0.3, -0.25) is 0 Å². The number of rotatable bonds is 11. The molecule has 2 heterocycles. The Balaban J connectivity index is 1.37. The summed E-state index contributed by atoms with van der Waals surface area (Å²) in [5.74, 6) is 0. The molecular formula is C48H50Br2P2. The van der Waals surface area contributed by atoms with Crippen LogP contribution < -0.4 is 0 Å². The van der Waals surface area contributed by atoms with E-state index in [1.807, 2.05) is 0 Å². The van der Waals surface area contributed by atoms with Crippen molar-refractivity contribution in [2.75, 3.05) is 12.3 Å². The Kier molecular flexibility index (Phi) is 10.3. The molecule has 2 aliphatic heterocycles. The van der Waals surface area contributed by atoms with Crippen molar-refractivity contribution in [2.24, 2.45) is 0 Å². The van der Waals surface area contributed by atoms with E-state index in [0.29, 0.717) is 22.6 Å². The van der Waals surface area contributed by atoms with Crippen molar-refractivity contribution < 1.29 is 0 Å². The Morgan fingerprint density at radius 2 is 0.538 bits per heavy atom. The van der Waals surface area contributed by atoms with Gasteiger partial charge in [-0.1, -0.05) is 0 Å². The molecule has 6 aromatic rings. The third-order valence-corrected chi connectivity index (χ3v) is 35.6. The van der Waals surface area contributed by atoms with Crippen LogP contribution in [0.3, 0.4) is 0 Å². The van der Waals surface area contributed by atoms with Crippen LogP contribution in [0.1, 0.15) is 81.7 Å². The van der Waals surface area contributed by atoms with Crippen molar-refractivity contribution in [1.82, 2.24) is 0 Å². The van der Waals surface area contributed by atoms with E-state index in [1.165, 1.54) is 71.4 Å². The summed E-state index contributed by atoms with van der Waals surface area (Å²) in [6, 6.07) is 69.3. The average Bonchev–Trinajstić information content (AvgIpc) is 3.68. The van der Waals surface area contributed by atoms with Crippen LogP contribution in [0.25, 0.3) is 0 Å². The van der Waals surface area contributed by atoms with Crippen LogP contribution in [0.4, 0.5) is 0 Å². The van der Waals surface area contributed by atoms with E-state index in [0.717, 1.165) is 12.3 Å². The molecule has 6 aromatic carbocycles. The first-order chi connectivity index (χ1) is 25.4. The van der Waals surface area contributed by atoms with Gasteiger partial charge >= 0.3 is 330 Å². The first-order valence-electron chi connectivity index (χ1n) is 19.1. The molecule has 0 nitrogen and oxygen atoms in total. The van der Waals surface area contributed by atoms with Crippen LogP contribution in [0, 0.1) is 0 Å². The standard InChI is InChI=1S/C48H50Br2P2/c49-51(37-39-19-7-1-8-20-39,45(41-23-11-3-12-24-41)31-32-46(51)42-25-13-4-14-26-42)35-36-52(50,38-40-21-9-2-10-22-40)47(43-27-15-5-16-28-43)33-34-48(52)44-29-17-6-18-30-44/h1-30,45-48H,31-38H2/t45-,46-,47-,48-/m1/s1. The molecule has 52 heavy (non-hydrogen) atoms. The van der Waals surface area contributed by atoms with E-state index >= 15 is 0 Å². The molecule has 0 spiro atoms. The maximum absolute atomic E-state index is 5.12. The van der Waals surface area contributed by atoms with Gasteiger partial charge in [0.05, 0.1) is 0 Å². The van der Waals surface area contributed by atoms with Crippen molar-refractivity contribution in [3.8, 4) is 0 Å². The van der Waals surface area contributed by atoms with E-state index in [-0.39, 0.29) is 0 Å². The second kappa shape index (κ2) is 14.8. The van der Waals surface area contributed by atoms with Crippen LogP contribution in [0.15, 0.2) is 182 Å². The number of benzene rings is 6. The molecule has 0 radical (unpaired) electrons. The van der Waals surface area contributed by atoms with Gasteiger partial charge in [-0.05, 0) is 0 Å². The SMILES string of the molecule is BrP1(CCP2(Br)(Cc3ccccc3)[C@@H](c3ccccc3)CC[C@@H]2c2ccccc2)(Cc2ccccc2)[C@@H](c2ccccc2)CC[C@@H]1c1ccccc1. The molecule has 0 unspecified atom stereocenters. The first-order valence-corrected chi connectivity index (χ1v) is 28.6. The third-order valence-electron chi connectivity index (χ3n) is 13.0. The Morgan fingerprint density at radius 1 is 0.327 bits per heavy atom. The van der Waals surface area contributed by atoms with E-state index in [2.05, 4.69) is 182 Å². The molecule has 2 saturated heterocycles. The average molecular weight is 849 g/mol. The quantitative estimate of drug-likeness (QED) is 0.114. The van der Waals surface area contributed by atoms with Gasteiger partial charge in [0.1, 0.15) is 0 Å². The molecule has 0 saturated carbocycles. The predicted octanol–water partition coefficient (Wildman–Crippen LogP) is 15.7. The topological polar surface area (TPSA) is 0 Å². The van der Waals surface area contributed by atoms with Gasteiger partial charge < -0.3 is 0 Å². The molecule has 8 rings (SSSR count). The van der Waals surface area contributed by atoms with Gasteiger partial charge in [0.25, 0.3) is 0 Å². The summed E-state index contributed by atoms with van der Waals surface area (Å²) in [4.78, 5) is 0. The van der Waals surface area contributed by atoms with Crippen molar-refractivity contribution in [3.63, 3.8) is 0 Å². The Labute approximate surface area is 327 Å². The fraction of sp³-hybridized carbons (Fsp3) is 0.250. The van der Waals surface area contributed by atoms with E-state index in [9.17, 15) is 0 Å². The van der Waals surface area contributed by atoms with Gasteiger partial charge in [-0.2, -0.15) is 0 Å². The molecule has 2 aliphatic rings. The number of hydrogen-bond acceptors (Lipinski definition) is 0. The summed E-state index contributed by atoms with van der Waals surface area (Å²) >= 11 is 10.2. The number of hydrogen-bond donors (Lipinski definition) is 0. The Morgan fingerprint density at radius 3 is 0.769 bits per heavy atom. The Hall–Kier alpha value is -2.86. The van der Waals surface area contributed by atoms with E-state index in [4.69, 9.17) is 31.0 Å². The van der Waals surface area contributed by atoms with Gasteiger partial charge in [-0.15, -0.1) is 0 Å². The van der Waals surface area contributed by atoms with Crippen LogP contribution in [0.2, 0.25) is 0 Å². The Bertz CT molecular complexity index is 1810. The molecule has 0 amide bonds. The van der Waals surface area contributed by atoms with Gasteiger partial charge in [-0.25, -0.2) is 0 Å². The first kappa shape index (κ1) is 36.1. The third kappa shape index (κ3) is 6.51. The molecule has 0 aromatic heterocycles. The molecule has 0 bridgehead atoms. The van der Waals surface area contributed by atoms with Crippen LogP contribution in [0.5, 0.6) is 0 Å². The van der Waals surface area contributed by atoms with Crippen LogP contribution in [-0.4, -0.2) is 12.3 Å².